The first-order valence-corrected chi connectivity index (χ1v) is 5.42. The summed E-state index contributed by atoms with van der Waals surface area (Å²) in [6.07, 6.45) is -5.71. The van der Waals surface area contributed by atoms with Gasteiger partial charge in [-0.05, 0) is 0 Å². The van der Waals surface area contributed by atoms with Crippen molar-refractivity contribution in [1.82, 2.24) is 0 Å². The standard InChI is InChI=1S/C10H8F6O5S/c1-3-19-7(18)9(10(14,15)16,20-4-8(12,13)22)21-6(17)5(2)11/h3,22H,1-2,4H2. The Balaban J connectivity index is 5.82. The van der Waals surface area contributed by atoms with Crippen LogP contribution in [0.3, 0.4) is 0 Å². The van der Waals surface area contributed by atoms with Crippen LogP contribution in [0.4, 0.5) is 26.3 Å². The fourth-order valence-corrected chi connectivity index (χ4v) is 0.978. The van der Waals surface area contributed by atoms with Gasteiger partial charge in [-0.15, -0.1) is 12.6 Å². The van der Waals surface area contributed by atoms with Crippen molar-refractivity contribution in [2.75, 3.05) is 6.61 Å². The molecular weight excluding hydrogens is 346 g/mol. The molecule has 1 atom stereocenters. The summed E-state index contributed by atoms with van der Waals surface area (Å²) in [6.45, 7) is 2.98. The lowest BCUT2D eigenvalue weighted by atomic mass is 10.2. The van der Waals surface area contributed by atoms with Gasteiger partial charge in [-0.1, -0.05) is 13.2 Å². The fraction of sp³-hybridized carbons (Fsp3) is 0.400. The van der Waals surface area contributed by atoms with Crippen molar-refractivity contribution in [2.24, 2.45) is 0 Å². The summed E-state index contributed by atoms with van der Waals surface area (Å²) < 4.78 is 87.5. The highest BCUT2D eigenvalue weighted by Crippen LogP contribution is 2.38. The molecule has 0 aromatic heterocycles. The number of ether oxygens (including phenoxy) is 3. The van der Waals surface area contributed by atoms with Crippen LogP contribution in [-0.4, -0.2) is 35.8 Å². The van der Waals surface area contributed by atoms with E-state index in [9.17, 15) is 35.9 Å². The molecule has 126 valence electrons. The van der Waals surface area contributed by atoms with Crippen LogP contribution in [0, 0.1) is 0 Å². The molecule has 0 saturated carbocycles. The molecule has 0 saturated heterocycles. The van der Waals surface area contributed by atoms with E-state index < -0.39 is 41.6 Å². The van der Waals surface area contributed by atoms with Crippen LogP contribution >= 0.6 is 12.6 Å². The first kappa shape index (κ1) is 20.3. The lowest BCUT2D eigenvalue weighted by Gasteiger charge is -2.32. The molecule has 0 fully saturated rings. The topological polar surface area (TPSA) is 61.8 Å². The molecule has 0 aliphatic heterocycles. The van der Waals surface area contributed by atoms with Crippen molar-refractivity contribution < 1.29 is 50.1 Å². The predicted octanol–water partition coefficient (Wildman–Crippen LogP) is 2.50. The van der Waals surface area contributed by atoms with Gasteiger partial charge in [0.25, 0.3) is 0 Å². The van der Waals surface area contributed by atoms with Crippen LogP contribution in [0.1, 0.15) is 0 Å². The van der Waals surface area contributed by atoms with Crippen molar-refractivity contribution in [2.45, 2.75) is 17.2 Å². The monoisotopic (exact) mass is 354 g/mol. The minimum atomic E-state index is -5.89. The van der Waals surface area contributed by atoms with Gasteiger partial charge in [-0.25, -0.2) is 9.59 Å². The fourth-order valence-electron chi connectivity index (χ4n) is 0.913. The number of carbonyl (C=O) groups excluding carboxylic acids is 2. The van der Waals surface area contributed by atoms with Gasteiger partial charge >= 0.3 is 29.2 Å². The van der Waals surface area contributed by atoms with Crippen LogP contribution in [0.2, 0.25) is 0 Å². The molecule has 1 unspecified atom stereocenters. The number of halogens is 6. The number of carbonyl (C=O) groups is 2. The van der Waals surface area contributed by atoms with E-state index in [-0.39, 0.29) is 6.26 Å². The molecule has 0 heterocycles. The van der Waals surface area contributed by atoms with Gasteiger partial charge in [0.05, 0.1) is 6.26 Å². The average molecular weight is 354 g/mol. The van der Waals surface area contributed by atoms with Crippen LogP contribution in [0.5, 0.6) is 0 Å². The molecular formula is C10H8F6O5S. The zero-order valence-corrected chi connectivity index (χ0v) is 11.3. The molecule has 0 spiro atoms. The maximum Gasteiger partial charge on any atom is 0.468 e. The molecule has 0 amide bonds. The summed E-state index contributed by atoms with van der Waals surface area (Å²) in [5.41, 5.74) is 0. The Morgan fingerprint density at radius 3 is 2.00 bits per heavy atom. The predicted molar refractivity (Wildman–Crippen MR) is 61.3 cm³/mol. The molecule has 5 nitrogen and oxygen atoms in total. The van der Waals surface area contributed by atoms with Gasteiger partial charge in [0.1, 0.15) is 6.61 Å². The van der Waals surface area contributed by atoms with Gasteiger partial charge in [-0.2, -0.15) is 26.3 Å². The summed E-state index contributed by atoms with van der Waals surface area (Å²) >= 11 is 2.58. The minimum absolute atomic E-state index is 0.184. The van der Waals surface area contributed by atoms with Gasteiger partial charge in [0.2, 0.25) is 5.83 Å². The zero-order valence-electron chi connectivity index (χ0n) is 10.5. The maximum absolute atomic E-state index is 13.0. The first-order valence-electron chi connectivity index (χ1n) is 4.97. The lowest BCUT2D eigenvalue weighted by molar-refractivity contribution is -0.358. The number of hydrogen-bond acceptors (Lipinski definition) is 6. The third-order valence-electron chi connectivity index (χ3n) is 1.74. The highest BCUT2D eigenvalue weighted by Gasteiger charge is 2.68. The normalized spacial score (nSPS) is 14.7. The lowest BCUT2D eigenvalue weighted by Crippen LogP contribution is -2.58. The van der Waals surface area contributed by atoms with Crippen molar-refractivity contribution in [3.63, 3.8) is 0 Å². The first-order chi connectivity index (χ1) is 9.77. The average Bonchev–Trinajstić information content (AvgIpc) is 2.31. The Bertz CT molecular complexity index is 471. The van der Waals surface area contributed by atoms with E-state index in [1.54, 1.807) is 0 Å². The van der Waals surface area contributed by atoms with Crippen LogP contribution < -0.4 is 0 Å². The van der Waals surface area contributed by atoms with E-state index in [1.807, 2.05) is 0 Å². The van der Waals surface area contributed by atoms with E-state index in [2.05, 4.69) is 40.0 Å². The van der Waals surface area contributed by atoms with Crippen molar-refractivity contribution >= 4 is 24.6 Å². The SMILES string of the molecule is C=COC(=O)C(OCC(F)(F)S)(OC(=O)C(=C)F)C(F)(F)F. The second-order valence-corrected chi connectivity index (χ2v) is 4.09. The molecule has 0 rings (SSSR count). The van der Waals surface area contributed by atoms with Crippen LogP contribution in [0.15, 0.2) is 25.2 Å². The molecule has 22 heavy (non-hydrogen) atoms. The number of hydrogen-bond donors (Lipinski definition) is 1. The Morgan fingerprint density at radius 2 is 1.68 bits per heavy atom. The van der Waals surface area contributed by atoms with Crippen LogP contribution in [0.25, 0.3) is 0 Å². The molecule has 0 aromatic rings. The Kier molecular flexibility index (Phi) is 6.51. The van der Waals surface area contributed by atoms with Crippen LogP contribution in [-0.2, 0) is 23.8 Å². The Morgan fingerprint density at radius 1 is 1.18 bits per heavy atom. The number of thiol groups is 1. The third kappa shape index (κ3) is 5.26. The second kappa shape index (κ2) is 7.05. The van der Waals surface area contributed by atoms with E-state index in [4.69, 9.17) is 0 Å². The molecule has 0 aliphatic carbocycles. The van der Waals surface area contributed by atoms with Gasteiger partial charge < -0.3 is 14.2 Å². The molecule has 0 radical (unpaired) electrons. The third-order valence-corrected chi connectivity index (χ3v) is 1.87. The highest BCUT2D eigenvalue weighted by atomic mass is 32.1. The summed E-state index contributed by atoms with van der Waals surface area (Å²) in [7, 11) is 0. The second-order valence-electron chi connectivity index (χ2n) is 3.44. The van der Waals surface area contributed by atoms with Crippen molar-refractivity contribution in [3.8, 4) is 0 Å². The summed E-state index contributed by atoms with van der Waals surface area (Å²) in [6, 6.07) is 0. The van der Waals surface area contributed by atoms with E-state index in [0.29, 0.717) is 0 Å². The molecule has 0 aromatic carbocycles. The molecule has 12 heteroatoms. The van der Waals surface area contributed by atoms with Crippen molar-refractivity contribution in [1.29, 1.82) is 0 Å². The zero-order chi connectivity index (χ0) is 17.8. The number of esters is 2. The smallest absolute Gasteiger partial charge is 0.430 e. The van der Waals surface area contributed by atoms with E-state index >= 15 is 0 Å². The maximum atomic E-state index is 13.0. The summed E-state index contributed by atoms with van der Waals surface area (Å²) in [5, 5.41) is -4.13. The molecule has 0 N–H and O–H groups in total. The summed E-state index contributed by atoms with van der Waals surface area (Å²) in [4.78, 5) is 22.3. The molecule has 0 aliphatic rings. The Labute approximate surface area is 124 Å². The summed E-state index contributed by atoms with van der Waals surface area (Å²) in [5.74, 6) is -11.6. The number of rotatable bonds is 7. The molecule has 0 bridgehead atoms. The van der Waals surface area contributed by atoms with Gasteiger partial charge in [0.15, 0.2) is 0 Å². The van der Waals surface area contributed by atoms with Crippen molar-refractivity contribution in [3.05, 3.63) is 25.2 Å². The van der Waals surface area contributed by atoms with E-state index in [1.165, 1.54) is 0 Å². The largest absolute Gasteiger partial charge is 0.468 e. The number of alkyl halides is 5. The minimum Gasteiger partial charge on any atom is -0.430 e. The highest BCUT2D eigenvalue weighted by molar-refractivity contribution is 7.81. The van der Waals surface area contributed by atoms with E-state index in [0.717, 1.165) is 0 Å². The Hall–Kier alpha value is -1.69. The quantitative estimate of drug-likeness (QED) is 0.190. The van der Waals surface area contributed by atoms with Gasteiger partial charge in [-0.3, -0.25) is 0 Å². The van der Waals surface area contributed by atoms with Gasteiger partial charge in [0, 0.05) is 0 Å².